The molecule has 1 aliphatic rings. The number of amides is 1. The van der Waals surface area contributed by atoms with Crippen molar-refractivity contribution in [3.05, 3.63) is 66.1 Å². The summed E-state index contributed by atoms with van der Waals surface area (Å²) in [6.07, 6.45) is 4.07. The number of aliphatic carboxylic acids is 2. The number of ether oxygens (including phenoxy) is 1. The molecule has 3 N–H and O–H groups in total. The van der Waals surface area contributed by atoms with Gasteiger partial charge in [-0.2, -0.15) is 0 Å². The predicted molar refractivity (Wildman–Crippen MR) is 138 cm³/mol. The van der Waals surface area contributed by atoms with Crippen LogP contribution in [0.25, 0.3) is 11.0 Å². The van der Waals surface area contributed by atoms with Crippen LogP contribution < -0.4 is 10.1 Å². The molecule has 38 heavy (non-hydrogen) atoms. The van der Waals surface area contributed by atoms with Crippen molar-refractivity contribution in [2.24, 2.45) is 0 Å². The van der Waals surface area contributed by atoms with E-state index in [0.717, 1.165) is 61.4 Å². The Balaban J connectivity index is 0.000000436. The van der Waals surface area contributed by atoms with Crippen LogP contribution in [0.3, 0.4) is 0 Å². The van der Waals surface area contributed by atoms with Gasteiger partial charge in [0.15, 0.2) is 5.58 Å². The zero-order valence-corrected chi connectivity index (χ0v) is 20.9. The molecule has 0 atom stereocenters. The first kappa shape index (κ1) is 28.3. The van der Waals surface area contributed by atoms with Gasteiger partial charge in [-0.15, -0.1) is 0 Å². The summed E-state index contributed by atoms with van der Waals surface area (Å²) in [7, 11) is 0. The first-order chi connectivity index (χ1) is 18.2. The fourth-order valence-corrected chi connectivity index (χ4v) is 4.14. The number of hydrogen-bond donors (Lipinski definition) is 3. The van der Waals surface area contributed by atoms with E-state index < -0.39 is 11.9 Å². The molecule has 0 saturated carbocycles. The Kier molecular flexibility index (Phi) is 10.4. The molecule has 0 radical (unpaired) electrons. The molecular formula is C27H30FN3O7. The monoisotopic (exact) mass is 527 g/mol. The molecule has 202 valence electrons. The number of carbonyl (C=O) groups is 3. The molecule has 2 aromatic carbocycles. The lowest BCUT2D eigenvalue weighted by molar-refractivity contribution is -0.134. The van der Waals surface area contributed by atoms with Crippen LogP contribution in [0.2, 0.25) is 0 Å². The molecule has 0 unspecified atom stereocenters. The average Bonchev–Trinajstić information content (AvgIpc) is 3.29. The fourth-order valence-electron chi connectivity index (χ4n) is 4.14. The first-order valence-electron chi connectivity index (χ1n) is 12.1. The van der Waals surface area contributed by atoms with E-state index in [1.54, 1.807) is 6.07 Å². The Morgan fingerprint density at radius 2 is 1.84 bits per heavy atom. The van der Waals surface area contributed by atoms with E-state index in [1.165, 1.54) is 19.1 Å². The average molecular weight is 528 g/mol. The van der Waals surface area contributed by atoms with Crippen LogP contribution in [0.5, 0.6) is 5.75 Å². The second-order valence-electron chi connectivity index (χ2n) is 8.75. The Hall–Kier alpha value is -4.25. The number of nitrogens with one attached hydrogen (secondary N) is 1. The van der Waals surface area contributed by atoms with Gasteiger partial charge in [0.1, 0.15) is 11.6 Å². The standard InChI is InChI=1S/C23H26FN3O3.C4H4O4/c1-16(28)25-19-4-2-5-20(15-19)29-13-3-10-27-11-8-17(9-12-27)23-21-7-6-18(24)14-22(21)30-26-23;5-3(6)1-2-4(7)8/h2,4-7,14-15,17H,3,8-13H2,1H3,(H,25,28);1-2H,(H,5,6)(H,7,8)/b;2-1+. The van der Waals surface area contributed by atoms with Gasteiger partial charge in [0.05, 0.1) is 12.3 Å². The van der Waals surface area contributed by atoms with Crippen molar-refractivity contribution in [1.82, 2.24) is 10.1 Å². The van der Waals surface area contributed by atoms with Crippen LogP contribution in [-0.4, -0.2) is 64.4 Å². The number of benzene rings is 2. The number of hydrogen-bond acceptors (Lipinski definition) is 7. The van der Waals surface area contributed by atoms with Crippen LogP contribution in [0.4, 0.5) is 10.1 Å². The molecule has 3 aromatic rings. The third kappa shape index (κ3) is 9.00. The Bertz CT molecular complexity index is 1270. The van der Waals surface area contributed by atoms with E-state index in [-0.39, 0.29) is 11.7 Å². The summed E-state index contributed by atoms with van der Waals surface area (Å²) in [6.45, 7) is 5.09. The topological polar surface area (TPSA) is 142 Å². The minimum Gasteiger partial charge on any atom is -0.493 e. The van der Waals surface area contributed by atoms with Crippen molar-refractivity contribution in [3.63, 3.8) is 0 Å². The molecule has 4 rings (SSSR count). The van der Waals surface area contributed by atoms with E-state index in [4.69, 9.17) is 19.5 Å². The maximum atomic E-state index is 13.3. The number of carboxylic acid groups (broad SMARTS) is 2. The fraction of sp³-hybridized carbons (Fsp3) is 0.333. The Morgan fingerprint density at radius 1 is 1.13 bits per heavy atom. The van der Waals surface area contributed by atoms with Crippen LogP contribution in [0, 0.1) is 5.82 Å². The SMILES string of the molecule is CC(=O)Nc1cccc(OCCCN2CCC(c3noc4cc(F)ccc34)CC2)c1.O=C(O)/C=C/C(=O)O. The molecule has 1 saturated heterocycles. The van der Waals surface area contributed by atoms with Crippen molar-refractivity contribution in [2.75, 3.05) is 31.6 Å². The highest BCUT2D eigenvalue weighted by molar-refractivity contribution is 5.89. The smallest absolute Gasteiger partial charge is 0.328 e. The number of carboxylic acids is 2. The predicted octanol–water partition coefficient (Wildman–Crippen LogP) is 4.29. The molecule has 1 aliphatic heterocycles. The number of likely N-dealkylation sites (tertiary alicyclic amines) is 1. The van der Waals surface area contributed by atoms with E-state index in [1.807, 2.05) is 24.3 Å². The summed E-state index contributed by atoms with van der Waals surface area (Å²) >= 11 is 0. The molecule has 1 fully saturated rings. The van der Waals surface area contributed by atoms with Crippen molar-refractivity contribution < 1.29 is 38.2 Å². The molecule has 11 heteroatoms. The van der Waals surface area contributed by atoms with Gasteiger partial charge in [-0.25, -0.2) is 14.0 Å². The minimum absolute atomic E-state index is 0.0960. The number of rotatable bonds is 9. The van der Waals surface area contributed by atoms with Crippen LogP contribution in [0.15, 0.2) is 59.1 Å². The Labute approximate surface area is 218 Å². The van der Waals surface area contributed by atoms with Crippen molar-refractivity contribution in [2.45, 2.75) is 32.1 Å². The highest BCUT2D eigenvalue weighted by atomic mass is 19.1. The minimum atomic E-state index is -1.26. The third-order valence-corrected chi connectivity index (χ3v) is 5.85. The summed E-state index contributed by atoms with van der Waals surface area (Å²) in [5.41, 5.74) is 2.21. The van der Waals surface area contributed by atoms with Crippen molar-refractivity contribution >= 4 is 34.5 Å². The molecule has 0 bridgehead atoms. The number of nitrogens with zero attached hydrogens (tertiary/aromatic N) is 2. The van der Waals surface area contributed by atoms with Gasteiger partial charge in [0, 0.05) is 54.7 Å². The number of aromatic nitrogens is 1. The Morgan fingerprint density at radius 3 is 2.50 bits per heavy atom. The zero-order chi connectivity index (χ0) is 27.5. The normalized spacial score (nSPS) is 14.2. The van der Waals surface area contributed by atoms with Gasteiger partial charge in [-0.1, -0.05) is 11.2 Å². The van der Waals surface area contributed by atoms with Crippen molar-refractivity contribution in [1.29, 1.82) is 0 Å². The quantitative estimate of drug-likeness (QED) is 0.274. The molecule has 2 heterocycles. The zero-order valence-electron chi connectivity index (χ0n) is 20.9. The number of piperidine rings is 1. The van der Waals surface area contributed by atoms with E-state index in [0.29, 0.717) is 30.3 Å². The second-order valence-corrected chi connectivity index (χ2v) is 8.75. The van der Waals surface area contributed by atoms with Gasteiger partial charge in [-0.3, -0.25) is 4.79 Å². The maximum Gasteiger partial charge on any atom is 0.328 e. The summed E-state index contributed by atoms with van der Waals surface area (Å²) in [5.74, 6) is -1.81. The third-order valence-electron chi connectivity index (χ3n) is 5.85. The largest absolute Gasteiger partial charge is 0.493 e. The van der Waals surface area contributed by atoms with Gasteiger partial charge < -0.3 is 29.7 Å². The van der Waals surface area contributed by atoms with Crippen LogP contribution >= 0.6 is 0 Å². The van der Waals surface area contributed by atoms with E-state index in [2.05, 4.69) is 15.4 Å². The molecular weight excluding hydrogens is 497 g/mol. The highest BCUT2D eigenvalue weighted by Gasteiger charge is 2.25. The molecule has 10 nitrogen and oxygen atoms in total. The summed E-state index contributed by atoms with van der Waals surface area (Å²) in [6, 6.07) is 12.1. The van der Waals surface area contributed by atoms with Gasteiger partial charge in [0.25, 0.3) is 0 Å². The summed E-state index contributed by atoms with van der Waals surface area (Å²) in [4.78, 5) is 32.7. The maximum absolute atomic E-state index is 13.3. The highest BCUT2D eigenvalue weighted by Crippen LogP contribution is 2.32. The second kappa shape index (κ2) is 13.9. The number of carbonyl (C=O) groups excluding carboxylic acids is 1. The molecule has 0 aliphatic carbocycles. The molecule has 0 spiro atoms. The van der Waals surface area contributed by atoms with E-state index in [9.17, 15) is 18.8 Å². The van der Waals surface area contributed by atoms with Gasteiger partial charge in [-0.05, 0) is 56.6 Å². The number of anilines is 1. The summed E-state index contributed by atoms with van der Waals surface area (Å²) < 4.78 is 24.5. The molecule has 1 amide bonds. The lowest BCUT2D eigenvalue weighted by atomic mass is 9.91. The van der Waals surface area contributed by atoms with E-state index >= 15 is 0 Å². The van der Waals surface area contributed by atoms with Crippen molar-refractivity contribution in [3.8, 4) is 5.75 Å². The van der Waals surface area contributed by atoms with Crippen LogP contribution in [0.1, 0.15) is 37.8 Å². The van der Waals surface area contributed by atoms with Gasteiger partial charge in [0.2, 0.25) is 5.91 Å². The summed E-state index contributed by atoms with van der Waals surface area (Å²) in [5, 5.41) is 23.5. The first-order valence-corrected chi connectivity index (χ1v) is 12.1. The van der Waals surface area contributed by atoms with Crippen LogP contribution in [-0.2, 0) is 14.4 Å². The van der Waals surface area contributed by atoms with Gasteiger partial charge >= 0.3 is 11.9 Å². The lowest BCUT2D eigenvalue weighted by Gasteiger charge is -2.31. The molecule has 1 aromatic heterocycles. The number of halogens is 1. The number of fused-ring (bicyclic) bond motifs is 1. The lowest BCUT2D eigenvalue weighted by Crippen LogP contribution is -2.34.